The van der Waals surface area contributed by atoms with E-state index in [4.69, 9.17) is 0 Å². The number of aromatic nitrogens is 1. The van der Waals surface area contributed by atoms with Crippen molar-refractivity contribution in [3.8, 4) is 5.75 Å². The third-order valence-electron chi connectivity index (χ3n) is 7.14. The Morgan fingerprint density at radius 2 is 1.87 bits per heavy atom. The third-order valence-corrected chi connectivity index (χ3v) is 8.29. The number of nitrogens with zero attached hydrogens (tertiary/aromatic N) is 3. The Morgan fingerprint density at radius 1 is 1.13 bits per heavy atom. The van der Waals surface area contributed by atoms with Crippen LogP contribution in [0.5, 0.6) is 5.75 Å². The van der Waals surface area contributed by atoms with Gasteiger partial charge in [-0.15, -0.1) is 11.8 Å². The smallest absolute Gasteiger partial charge is 0.416 e. The van der Waals surface area contributed by atoms with Gasteiger partial charge in [0.1, 0.15) is 6.67 Å². The van der Waals surface area contributed by atoms with Crippen LogP contribution in [0.4, 0.5) is 26.3 Å². The fraction of sp³-hybridized carbons (Fsp3) is 0.385. The highest BCUT2D eigenvalue weighted by molar-refractivity contribution is 7.99. The molecule has 3 heterocycles. The van der Waals surface area contributed by atoms with Crippen LogP contribution < -0.4 is 10.4 Å². The van der Waals surface area contributed by atoms with Gasteiger partial charge in [0.25, 0.3) is 5.91 Å². The van der Waals surface area contributed by atoms with Gasteiger partial charge in [-0.25, -0.2) is 0 Å². The van der Waals surface area contributed by atoms with Crippen molar-refractivity contribution in [3.05, 3.63) is 80.8 Å². The summed E-state index contributed by atoms with van der Waals surface area (Å²) in [6.45, 7) is -0.190. The summed E-state index contributed by atoms with van der Waals surface area (Å²) in [5.41, 5.74) is -0.0588. The molecule has 13 heteroatoms. The highest BCUT2D eigenvalue weighted by Crippen LogP contribution is 2.46. The standard InChI is InChI=1S/C26H23F6N3O3S/c1-14(25(27,28)29)11-33-13-35(34-9-8-19(36)23(37)22(34)24(33)38)21-17-5-3-2-4-15(17)12-39-20-10-16(26(30,31)32)6-7-18(20)21/h3,5-10,14,21,37H,2,4,11-13H2,1H3/t14-,21-/m0/s1. The first-order chi connectivity index (χ1) is 18.3. The predicted octanol–water partition coefficient (Wildman–Crippen LogP) is 5.62. The minimum absolute atomic E-state index is 0.344. The second kappa shape index (κ2) is 9.68. The Hall–Kier alpha value is -3.35. The summed E-state index contributed by atoms with van der Waals surface area (Å²) in [4.78, 5) is 26.8. The van der Waals surface area contributed by atoms with Gasteiger partial charge in [-0.1, -0.05) is 30.7 Å². The van der Waals surface area contributed by atoms with E-state index in [1.165, 1.54) is 33.7 Å². The highest BCUT2D eigenvalue weighted by atomic mass is 32.2. The quantitative estimate of drug-likeness (QED) is 0.485. The number of carbonyl (C=O) groups is 1. The largest absolute Gasteiger partial charge is 0.502 e. The van der Waals surface area contributed by atoms with E-state index in [0.717, 1.165) is 41.2 Å². The number of allylic oxidation sites excluding steroid dienone is 1. The summed E-state index contributed by atoms with van der Waals surface area (Å²) in [6.07, 6.45) is -2.83. The highest BCUT2D eigenvalue weighted by Gasteiger charge is 2.43. The second-order valence-corrected chi connectivity index (χ2v) is 10.7. The minimum Gasteiger partial charge on any atom is -0.502 e. The van der Waals surface area contributed by atoms with Gasteiger partial charge >= 0.3 is 12.4 Å². The van der Waals surface area contributed by atoms with Gasteiger partial charge in [-0.05, 0) is 36.1 Å². The molecule has 1 N–H and O–H groups in total. The van der Waals surface area contributed by atoms with Crippen LogP contribution in [0.2, 0.25) is 0 Å². The molecule has 5 rings (SSSR count). The van der Waals surface area contributed by atoms with E-state index in [1.807, 2.05) is 12.2 Å². The van der Waals surface area contributed by atoms with Crippen LogP contribution in [0.15, 0.2) is 63.5 Å². The number of thioether (sulfide) groups is 1. The van der Waals surface area contributed by atoms with Gasteiger partial charge < -0.3 is 10.0 Å². The van der Waals surface area contributed by atoms with Gasteiger partial charge in [0.2, 0.25) is 5.43 Å². The topological polar surface area (TPSA) is 65.8 Å². The van der Waals surface area contributed by atoms with Gasteiger partial charge in [-0.3, -0.25) is 19.3 Å². The second-order valence-electron chi connectivity index (χ2n) is 9.71. The molecule has 1 amide bonds. The molecule has 0 radical (unpaired) electrons. The molecule has 0 saturated carbocycles. The van der Waals surface area contributed by atoms with E-state index >= 15 is 0 Å². The van der Waals surface area contributed by atoms with Crippen molar-refractivity contribution >= 4 is 17.7 Å². The lowest BCUT2D eigenvalue weighted by Crippen LogP contribution is -2.57. The molecule has 2 atom stereocenters. The van der Waals surface area contributed by atoms with Crippen molar-refractivity contribution in [2.24, 2.45) is 5.92 Å². The van der Waals surface area contributed by atoms with Crippen molar-refractivity contribution in [1.29, 1.82) is 0 Å². The van der Waals surface area contributed by atoms with E-state index in [2.05, 4.69) is 0 Å². The van der Waals surface area contributed by atoms with Crippen molar-refractivity contribution in [2.45, 2.75) is 43.1 Å². The SMILES string of the molecule is C[C@@H](CN1CN([C@H]2C3=C(CCC=C3)CSc3cc(C(F)(F)F)ccc32)n2ccc(=O)c(O)c2C1=O)C(F)(F)F. The molecule has 0 unspecified atom stereocenters. The lowest BCUT2D eigenvalue weighted by molar-refractivity contribution is -0.172. The van der Waals surface area contributed by atoms with Crippen molar-refractivity contribution in [2.75, 3.05) is 24.0 Å². The molecule has 0 bridgehead atoms. The molecular weight excluding hydrogens is 548 g/mol. The number of fused-ring (bicyclic) bond motifs is 2. The van der Waals surface area contributed by atoms with Crippen LogP contribution in [-0.2, 0) is 6.18 Å². The fourth-order valence-corrected chi connectivity index (χ4v) is 6.25. The van der Waals surface area contributed by atoms with E-state index in [1.54, 1.807) is 0 Å². The number of amides is 1. The number of aromatic hydroxyl groups is 1. The van der Waals surface area contributed by atoms with Crippen LogP contribution in [0.1, 0.15) is 47.4 Å². The molecule has 1 aromatic carbocycles. The van der Waals surface area contributed by atoms with E-state index < -0.39 is 59.2 Å². The minimum atomic E-state index is -4.61. The first-order valence-electron chi connectivity index (χ1n) is 12.1. The Labute approximate surface area is 223 Å². The molecule has 0 saturated heterocycles. The van der Waals surface area contributed by atoms with Crippen LogP contribution in [0.3, 0.4) is 0 Å². The van der Waals surface area contributed by atoms with Crippen LogP contribution in [0.25, 0.3) is 0 Å². The average Bonchev–Trinajstić information content (AvgIpc) is 3.03. The first kappa shape index (κ1) is 27.2. The zero-order chi connectivity index (χ0) is 28.3. The zero-order valence-electron chi connectivity index (χ0n) is 20.5. The monoisotopic (exact) mass is 571 g/mol. The summed E-state index contributed by atoms with van der Waals surface area (Å²) < 4.78 is 82.3. The summed E-state index contributed by atoms with van der Waals surface area (Å²) in [6, 6.07) is 3.55. The molecule has 0 spiro atoms. The van der Waals surface area contributed by atoms with E-state index in [9.17, 15) is 41.0 Å². The lowest BCUT2D eigenvalue weighted by Gasteiger charge is -2.45. The van der Waals surface area contributed by atoms with Gasteiger partial charge in [0.05, 0.1) is 17.5 Å². The normalized spacial score (nSPS) is 20.4. The molecule has 208 valence electrons. The number of halogens is 6. The van der Waals surface area contributed by atoms with E-state index in [0.29, 0.717) is 29.1 Å². The average molecular weight is 572 g/mol. The first-order valence-corrected chi connectivity index (χ1v) is 13.1. The van der Waals surface area contributed by atoms with Crippen molar-refractivity contribution in [1.82, 2.24) is 9.58 Å². The number of pyridine rings is 1. The number of hydrogen-bond acceptors (Lipinski definition) is 5. The van der Waals surface area contributed by atoms with Crippen molar-refractivity contribution in [3.63, 3.8) is 0 Å². The summed E-state index contributed by atoms with van der Waals surface area (Å²) in [5.74, 6) is -3.38. The van der Waals surface area contributed by atoms with Crippen LogP contribution >= 0.6 is 11.8 Å². The Balaban J connectivity index is 1.71. The molecule has 6 nitrogen and oxygen atoms in total. The number of hydrogen-bond donors (Lipinski definition) is 1. The third kappa shape index (κ3) is 4.92. The number of rotatable bonds is 3. The Bertz CT molecular complexity index is 1450. The van der Waals surface area contributed by atoms with Gasteiger partial charge in [0, 0.05) is 29.5 Å². The predicted molar refractivity (Wildman–Crippen MR) is 132 cm³/mol. The molecular formula is C26H23F6N3O3S. The molecule has 1 aliphatic carbocycles. The fourth-order valence-electron chi connectivity index (χ4n) is 5.05. The Kier molecular flexibility index (Phi) is 6.76. The van der Waals surface area contributed by atoms with Crippen molar-refractivity contribution < 1.29 is 36.2 Å². The van der Waals surface area contributed by atoms with Crippen LogP contribution in [0, 0.1) is 5.92 Å². The number of benzene rings is 1. The molecule has 3 aliphatic rings. The molecule has 39 heavy (non-hydrogen) atoms. The number of alkyl halides is 6. The molecule has 1 aromatic heterocycles. The number of carbonyl (C=O) groups excluding carboxylic acids is 1. The summed E-state index contributed by atoms with van der Waals surface area (Å²) in [7, 11) is 0. The maximum absolute atomic E-state index is 13.6. The maximum Gasteiger partial charge on any atom is 0.416 e. The van der Waals surface area contributed by atoms with E-state index in [-0.39, 0.29) is 6.67 Å². The summed E-state index contributed by atoms with van der Waals surface area (Å²) in [5, 5.41) is 12.1. The Morgan fingerprint density at radius 3 is 2.56 bits per heavy atom. The molecule has 0 fully saturated rings. The maximum atomic E-state index is 13.6. The van der Waals surface area contributed by atoms with Crippen LogP contribution in [-0.4, -0.2) is 45.7 Å². The van der Waals surface area contributed by atoms with Gasteiger partial charge in [-0.2, -0.15) is 26.3 Å². The lowest BCUT2D eigenvalue weighted by atomic mass is 9.88. The van der Waals surface area contributed by atoms with Gasteiger partial charge in [0.15, 0.2) is 11.4 Å². The molecule has 2 aliphatic heterocycles. The summed E-state index contributed by atoms with van der Waals surface area (Å²) >= 11 is 1.24. The zero-order valence-corrected chi connectivity index (χ0v) is 21.3. The molecule has 2 aromatic rings.